The van der Waals surface area contributed by atoms with Crippen LogP contribution < -0.4 is 62.2 Å². The molecule has 0 saturated carbocycles. The summed E-state index contributed by atoms with van der Waals surface area (Å²) < 4.78 is 0. The number of primary amides is 1. The van der Waals surface area contributed by atoms with Crippen LogP contribution in [-0.4, -0.2) is 11.9 Å². The second-order valence-corrected chi connectivity index (χ2v) is 2.23. The predicted molar refractivity (Wildman–Crippen MR) is 39.3 cm³/mol. The first-order chi connectivity index (χ1) is 5.61. The van der Waals surface area contributed by atoms with E-state index in [1.54, 1.807) is 0 Å². The number of carboxylic acid groups (broad SMARTS) is 1. The molecule has 2 N–H and O–H groups in total. The summed E-state index contributed by atoms with van der Waals surface area (Å²) in [5.74, 6) is -1.86. The molecule has 0 bridgehead atoms. The fourth-order valence-electron chi connectivity index (χ4n) is 0.771. The fraction of sp³-hybridized carbons (Fsp3) is 0. The van der Waals surface area contributed by atoms with Crippen LogP contribution in [0.15, 0.2) is 24.3 Å². The van der Waals surface area contributed by atoms with Gasteiger partial charge >= 0.3 is 51.4 Å². The third kappa shape index (κ3) is 3.57. The van der Waals surface area contributed by atoms with Gasteiger partial charge in [0.15, 0.2) is 0 Å². The van der Waals surface area contributed by atoms with Crippen LogP contribution >= 0.6 is 0 Å². The molecule has 0 atom stereocenters. The maximum atomic E-state index is 10.5. The summed E-state index contributed by atoms with van der Waals surface area (Å²) in [5.41, 5.74) is 5.24. The Morgan fingerprint density at radius 1 is 1.08 bits per heavy atom. The standard InChI is InChI=1S/C8H7NO3.K/c9-7(10)5-1-3-6(4-2-5)8(11)12;/h1-4H,(H2,9,10)(H,11,12);/q;+1/p-1. The Hall–Kier alpha value is -0.204. The maximum absolute atomic E-state index is 10.5. The predicted octanol–water partition coefficient (Wildman–Crippen LogP) is -3.85. The Labute approximate surface area is 118 Å². The number of hydrogen-bond acceptors (Lipinski definition) is 3. The second kappa shape index (κ2) is 5.51. The molecule has 0 spiro atoms. The van der Waals surface area contributed by atoms with Crippen molar-refractivity contribution in [2.75, 3.05) is 0 Å². The molecule has 1 amide bonds. The van der Waals surface area contributed by atoms with Crippen LogP contribution in [-0.2, 0) is 0 Å². The van der Waals surface area contributed by atoms with Crippen molar-refractivity contribution < 1.29 is 66.1 Å². The summed E-state index contributed by atoms with van der Waals surface area (Å²) in [4.78, 5) is 20.8. The minimum Gasteiger partial charge on any atom is -0.545 e. The number of aromatic carboxylic acids is 1. The van der Waals surface area contributed by atoms with Crippen LogP contribution in [0.4, 0.5) is 0 Å². The Morgan fingerprint density at radius 3 is 1.77 bits per heavy atom. The zero-order chi connectivity index (χ0) is 9.14. The molecule has 0 fully saturated rings. The molecule has 0 heterocycles. The number of amides is 1. The van der Waals surface area contributed by atoms with Crippen molar-refractivity contribution >= 4 is 11.9 Å². The van der Waals surface area contributed by atoms with Crippen LogP contribution in [0.1, 0.15) is 20.7 Å². The van der Waals surface area contributed by atoms with Crippen LogP contribution in [0.3, 0.4) is 0 Å². The van der Waals surface area contributed by atoms with Gasteiger partial charge in [-0.25, -0.2) is 0 Å². The summed E-state index contributed by atoms with van der Waals surface area (Å²) in [7, 11) is 0. The van der Waals surface area contributed by atoms with Gasteiger partial charge in [-0.2, -0.15) is 0 Å². The van der Waals surface area contributed by atoms with Crippen molar-refractivity contribution in [1.29, 1.82) is 0 Å². The average Bonchev–Trinajstić information content (AvgIpc) is 2.04. The van der Waals surface area contributed by atoms with Gasteiger partial charge in [0.1, 0.15) is 0 Å². The average molecular weight is 203 g/mol. The molecule has 62 valence electrons. The van der Waals surface area contributed by atoms with Gasteiger partial charge < -0.3 is 15.6 Å². The molecule has 1 aromatic rings. The zero-order valence-corrected chi connectivity index (χ0v) is 10.2. The molecule has 13 heavy (non-hydrogen) atoms. The van der Waals surface area contributed by atoms with Crippen molar-refractivity contribution in [3.05, 3.63) is 35.4 Å². The third-order valence-corrected chi connectivity index (χ3v) is 1.41. The fourth-order valence-corrected chi connectivity index (χ4v) is 0.771. The number of carboxylic acids is 1. The van der Waals surface area contributed by atoms with Gasteiger partial charge in [-0.15, -0.1) is 0 Å². The van der Waals surface area contributed by atoms with E-state index >= 15 is 0 Å². The van der Waals surface area contributed by atoms with E-state index in [-0.39, 0.29) is 62.5 Å². The Balaban J connectivity index is 0.00000144. The molecule has 0 unspecified atom stereocenters. The van der Waals surface area contributed by atoms with Crippen molar-refractivity contribution in [2.24, 2.45) is 5.73 Å². The third-order valence-electron chi connectivity index (χ3n) is 1.41. The normalized spacial score (nSPS) is 8.62. The van der Waals surface area contributed by atoms with E-state index in [1.807, 2.05) is 0 Å². The van der Waals surface area contributed by atoms with Gasteiger partial charge in [0.25, 0.3) is 0 Å². The van der Waals surface area contributed by atoms with Crippen molar-refractivity contribution in [2.45, 2.75) is 0 Å². The SMILES string of the molecule is NC(=O)c1ccc(C(=O)[O-])cc1.[K+]. The monoisotopic (exact) mass is 203 g/mol. The van der Waals surface area contributed by atoms with Gasteiger partial charge in [0.2, 0.25) is 5.91 Å². The van der Waals surface area contributed by atoms with Crippen molar-refractivity contribution in [1.82, 2.24) is 0 Å². The second-order valence-electron chi connectivity index (χ2n) is 2.23. The molecule has 5 heteroatoms. The van der Waals surface area contributed by atoms with E-state index in [4.69, 9.17) is 5.73 Å². The molecule has 1 rings (SSSR count). The molecule has 0 saturated heterocycles. The quantitative estimate of drug-likeness (QED) is 0.500. The minimum absolute atomic E-state index is 0. The van der Waals surface area contributed by atoms with E-state index < -0.39 is 11.9 Å². The van der Waals surface area contributed by atoms with Gasteiger partial charge in [0, 0.05) is 5.56 Å². The Morgan fingerprint density at radius 2 is 1.46 bits per heavy atom. The first kappa shape index (κ1) is 12.8. The molecule has 0 radical (unpaired) electrons. The van der Waals surface area contributed by atoms with E-state index in [2.05, 4.69) is 0 Å². The topological polar surface area (TPSA) is 83.2 Å². The summed E-state index contributed by atoms with van der Waals surface area (Å²) in [6.07, 6.45) is 0. The first-order valence-corrected chi connectivity index (χ1v) is 3.22. The molecule has 0 aromatic heterocycles. The molecule has 4 nitrogen and oxygen atoms in total. The molecule has 1 aromatic carbocycles. The van der Waals surface area contributed by atoms with Gasteiger partial charge in [-0.05, 0) is 17.7 Å². The molecule has 0 aliphatic rings. The molecule has 0 aliphatic heterocycles. The molecular weight excluding hydrogens is 197 g/mol. The first-order valence-electron chi connectivity index (χ1n) is 3.22. The zero-order valence-electron chi connectivity index (χ0n) is 7.11. The van der Waals surface area contributed by atoms with E-state index in [0.717, 1.165) is 0 Å². The summed E-state index contributed by atoms with van der Waals surface area (Å²) in [6.45, 7) is 0. The number of carbonyl (C=O) groups excluding carboxylic acids is 2. The van der Waals surface area contributed by atoms with Gasteiger partial charge in [-0.3, -0.25) is 4.79 Å². The summed E-state index contributed by atoms with van der Waals surface area (Å²) >= 11 is 0. The summed E-state index contributed by atoms with van der Waals surface area (Å²) in [5, 5.41) is 10.3. The minimum atomic E-state index is -1.27. The van der Waals surface area contributed by atoms with E-state index in [9.17, 15) is 14.7 Å². The van der Waals surface area contributed by atoms with Gasteiger partial charge in [-0.1, -0.05) is 12.1 Å². The molecular formula is C8H6KNO3. The van der Waals surface area contributed by atoms with E-state index in [0.29, 0.717) is 0 Å². The Kier molecular flexibility index (Phi) is 5.42. The number of benzene rings is 1. The Bertz CT molecular complexity index is 288. The van der Waals surface area contributed by atoms with Crippen LogP contribution in [0.5, 0.6) is 0 Å². The van der Waals surface area contributed by atoms with E-state index in [1.165, 1.54) is 24.3 Å². The van der Waals surface area contributed by atoms with Crippen LogP contribution in [0, 0.1) is 0 Å². The van der Waals surface area contributed by atoms with Crippen molar-refractivity contribution in [3.8, 4) is 0 Å². The molecule has 0 aliphatic carbocycles. The maximum Gasteiger partial charge on any atom is 1.00 e. The van der Waals surface area contributed by atoms with Gasteiger partial charge in [0.05, 0.1) is 5.97 Å². The number of hydrogen-bond donors (Lipinski definition) is 1. The number of rotatable bonds is 2. The number of nitrogens with two attached hydrogens (primary N) is 1. The largest absolute Gasteiger partial charge is 1.00 e. The van der Waals surface area contributed by atoms with Crippen LogP contribution in [0.2, 0.25) is 0 Å². The summed E-state index contributed by atoms with van der Waals surface area (Å²) in [6, 6.07) is 5.23. The smallest absolute Gasteiger partial charge is 0.545 e. The number of carbonyl (C=O) groups is 2. The van der Waals surface area contributed by atoms with Crippen LogP contribution in [0.25, 0.3) is 0 Å². The van der Waals surface area contributed by atoms with Crippen molar-refractivity contribution in [3.63, 3.8) is 0 Å².